The second-order valence-corrected chi connectivity index (χ2v) is 7.69. The maximum Gasteiger partial charge on any atom is 0.0757 e. The van der Waals surface area contributed by atoms with Crippen LogP contribution in [0.3, 0.4) is 0 Å². The van der Waals surface area contributed by atoms with E-state index in [9.17, 15) is 0 Å². The van der Waals surface area contributed by atoms with Crippen molar-refractivity contribution in [1.82, 2.24) is 10.2 Å². The Labute approximate surface area is 120 Å². The molecular formula is C16H34N2O. The molecule has 0 bridgehead atoms. The SMILES string of the molecule is CCNC(CCN1CC(C)OC(C)(C)C1)C(C)(C)C. The van der Waals surface area contributed by atoms with Crippen LogP contribution in [0.4, 0.5) is 0 Å². The summed E-state index contributed by atoms with van der Waals surface area (Å²) in [6.07, 6.45) is 1.55. The average molecular weight is 270 g/mol. The number of rotatable bonds is 5. The van der Waals surface area contributed by atoms with E-state index in [1.807, 2.05) is 0 Å². The summed E-state index contributed by atoms with van der Waals surface area (Å²) in [5, 5.41) is 3.64. The van der Waals surface area contributed by atoms with Crippen molar-refractivity contribution >= 4 is 0 Å². The maximum absolute atomic E-state index is 5.97. The number of morpholine rings is 1. The van der Waals surface area contributed by atoms with E-state index in [4.69, 9.17) is 4.74 Å². The van der Waals surface area contributed by atoms with Crippen molar-refractivity contribution in [3.63, 3.8) is 0 Å². The molecule has 0 aliphatic carbocycles. The predicted molar refractivity (Wildman–Crippen MR) is 82.6 cm³/mol. The molecule has 2 atom stereocenters. The van der Waals surface area contributed by atoms with Gasteiger partial charge in [-0.05, 0) is 45.7 Å². The Morgan fingerprint density at radius 2 is 2.00 bits per heavy atom. The summed E-state index contributed by atoms with van der Waals surface area (Å²) in [5.74, 6) is 0. The zero-order valence-electron chi connectivity index (χ0n) is 14.0. The number of nitrogens with zero attached hydrogens (tertiary/aromatic N) is 1. The van der Waals surface area contributed by atoms with Crippen LogP contribution < -0.4 is 5.32 Å². The quantitative estimate of drug-likeness (QED) is 0.831. The second-order valence-electron chi connectivity index (χ2n) is 7.69. The van der Waals surface area contributed by atoms with E-state index in [1.54, 1.807) is 0 Å². The second kappa shape index (κ2) is 6.55. The Kier molecular flexibility index (Phi) is 5.84. The zero-order valence-corrected chi connectivity index (χ0v) is 14.0. The molecule has 0 aromatic heterocycles. The lowest BCUT2D eigenvalue weighted by atomic mass is 9.84. The van der Waals surface area contributed by atoms with E-state index < -0.39 is 0 Å². The summed E-state index contributed by atoms with van der Waals surface area (Å²) in [4.78, 5) is 2.56. The lowest BCUT2D eigenvalue weighted by molar-refractivity contribution is -0.129. The standard InChI is InChI=1S/C16H34N2O/c1-8-17-14(15(3,4)5)9-10-18-11-13(2)19-16(6,7)12-18/h13-14,17H,8-12H2,1-7H3. The zero-order chi connectivity index (χ0) is 14.7. The minimum Gasteiger partial charge on any atom is -0.370 e. The molecule has 0 radical (unpaired) electrons. The van der Waals surface area contributed by atoms with Gasteiger partial charge in [-0.15, -0.1) is 0 Å². The Morgan fingerprint density at radius 1 is 1.37 bits per heavy atom. The van der Waals surface area contributed by atoms with E-state index in [-0.39, 0.29) is 5.60 Å². The Bertz CT molecular complexity index is 270. The van der Waals surface area contributed by atoms with Crippen LogP contribution in [0.5, 0.6) is 0 Å². The highest BCUT2D eigenvalue weighted by Gasteiger charge is 2.32. The highest BCUT2D eigenvalue weighted by Crippen LogP contribution is 2.24. The van der Waals surface area contributed by atoms with Crippen LogP contribution in [-0.2, 0) is 4.74 Å². The topological polar surface area (TPSA) is 24.5 Å². The maximum atomic E-state index is 5.97. The lowest BCUT2D eigenvalue weighted by Gasteiger charge is -2.43. The molecular weight excluding hydrogens is 236 g/mol. The molecule has 0 spiro atoms. The van der Waals surface area contributed by atoms with Gasteiger partial charge in [0, 0.05) is 19.1 Å². The molecule has 1 fully saturated rings. The fraction of sp³-hybridized carbons (Fsp3) is 1.00. The van der Waals surface area contributed by atoms with Gasteiger partial charge in [0.05, 0.1) is 11.7 Å². The fourth-order valence-corrected chi connectivity index (χ4v) is 3.16. The Morgan fingerprint density at radius 3 is 2.47 bits per heavy atom. The molecule has 0 amide bonds. The van der Waals surface area contributed by atoms with Gasteiger partial charge in [0.15, 0.2) is 0 Å². The molecule has 3 nitrogen and oxygen atoms in total. The van der Waals surface area contributed by atoms with Crippen molar-refractivity contribution < 1.29 is 4.74 Å². The van der Waals surface area contributed by atoms with Crippen LogP contribution in [0.2, 0.25) is 0 Å². The average Bonchev–Trinajstić information content (AvgIpc) is 2.19. The van der Waals surface area contributed by atoms with Crippen LogP contribution in [-0.4, -0.2) is 48.8 Å². The first-order valence-corrected chi connectivity index (χ1v) is 7.77. The molecule has 19 heavy (non-hydrogen) atoms. The van der Waals surface area contributed by atoms with Gasteiger partial charge in [0.1, 0.15) is 0 Å². The van der Waals surface area contributed by atoms with Crippen molar-refractivity contribution in [3.05, 3.63) is 0 Å². The molecule has 1 N–H and O–H groups in total. The van der Waals surface area contributed by atoms with Gasteiger partial charge in [-0.3, -0.25) is 4.90 Å². The summed E-state index contributed by atoms with van der Waals surface area (Å²) in [6, 6.07) is 0.582. The normalized spacial score (nSPS) is 26.4. The van der Waals surface area contributed by atoms with Crippen LogP contribution in [0.1, 0.15) is 54.9 Å². The Balaban J connectivity index is 2.50. The van der Waals surface area contributed by atoms with E-state index in [0.717, 1.165) is 26.2 Å². The van der Waals surface area contributed by atoms with Gasteiger partial charge >= 0.3 is 0 Å². The van der Waals surface area contributed by atoms with Gasteiger partial charge in [-0.1, -0.05) is 27.7 Å². The van der Waals surface area contributed by atoms with Gasteiger partial charge in [0.25, 0.3) is 0 Å². The van der Waals surface area contributed by atoms with Crippen molar-refractivity contribution in [1.29, 1.82) is 0 Å². The Hall–Kier alpha value is -0.120. The third-order valence-electron chi connectivity index (χ3n) is 3.87. The summed E-state index contributed by atoms with van der Waals surface area (Å²) < 4.78 is 5.97. The first kappa shape index (κ1) is 16.9. The highest BCUT2D eigenvalue weighted by atomic mass is 16.5. The molecule has 1 aliphatic heterocycles. The lowest BCUT2D eigenvalue weighted by Crippen LogP contribution is -2.53. The minimum absolute atomic E-state index is 0.00686. The van der Waals surface area contributed by atoms with Crippen LogP contribution >= 0.6 is 0 Å². The monoisotopic (exact) mass is 270 g/mol. The molecule has 1 heterocycles. The number of hydrogen-bond acceptors (Lipinski definition) is 3. The molecule has 1 rings (SSSR count). The summed E-state index contributed by atoms with van der Waals surface area (Å²) in [6.45, 7) is 20.1. The fourth-order valence-electron chi connectivity index (χ4n) is 3.16. The number of nitrogens with one attached hydrogen (secondary N) is 1. The van der Waals surface area contributed by atoms with E-state index in [1.165, 1.54) is 6.42 Å². The molecule has 3 heteroatoms. The molecule has 1 aliphatic rings. The number of hydrogen-bond donors (Lipinski definition) is 1. The van der Waals surface area contributed by atoms with Crippen molar-refractivity contribution in [2.75, 3.05) is 26.2 Å². The molecule has 114 valence electrons. The van der Waals surface area contributed by atoms with Gasteiger partial charge < -0.3 is 10.1 Å². The van der Waals surface area contributed by atoms with Gasteiger partial charge in [0.2, 0.25) is 0 Å². The molecule has 0 aromatic rings. The van der Waals surface area contributed by atoms with Crippen LogP contribution in [0.15, 0.2) is 0 Å². The molecule has 2 unspecified atom stereocenters. The highest BCUT2D eigenvalue weighted by molar-refractivity contribution is 4.85. The van der Waals surface area contributed by atoms with E-state index in [2.05, 4.69) is 58.7 Å². The summed E-state index contributed by atoms with van der Waals surface area (Å²) in [5.41, 5.74) is 0.316. The number of ether oxygens (including phenoxy) is 1. The first-order chi connectivity index (χ1) is 8.64. The van der Waals surface area contributed by atoms with Crippen LogP contribution in [0, 0.1) is 5.41 Å². The summed E-state index contributed by atoms with van der Waals surface area (Å²) in [7, 11) is 0. The van der Waals surface area contributed by atoms with E-state index >= 15 is 0 Å². The largest absolute Gasteiger partial charge is 0.370 e. The van der Waals surface area contributed by atoms with Crippen molar-refractivity contribution in [2.24, 2.45) is 5.41 Å². The predicted octanol–water partition coefficient (Wildman–Crippen LogP) is 2.90. The summed E-state index contributed by atoms with van der Waals surface area (Å²) >= 11 is 0. The smallest absolute Gasteiger partial charge is 0.0757 e. The van der Waals surface area contributed by atoms with Crippen LogP contribution in [0.25, 0.3) is 0 Å². The minimum atomic E-state index is -0.00686. The van der Waals surface area contributed by atoms with Gasteiger partial charge in [-0.25, -0.2) is 0 Å². The molecule has 0 saturated carbocycles. The first-order valence-electron chi connectivity index (χ1n) is 7.77. The van der Waals surface area contributed by atoms with Gasteiger partial charge in [-0.2, -0.15) is 0 Å². The third-order valence-corrected chi connectivity index (χ3v) is 3.87. The van der Waals surface area contributed by atoms with Crippen molar-refractivity contribution in [3.8, 4) is 0 Å². The molecule has 1 saturated heterocycles. The molecule has 0 aromatic carbocycles. The third kappa shape index (κ3) is 5.80. The van der Waals surface area contributed by atoms with E-state index in [0.29, 0.717) is 17.6 Å². The van der Waals surface area contributed by atoms with Crippen molar-refractivity contribution in [2.45, 2.75) is 72.6 Å².